The molecule has 0 radical (unpaired) electrons. The van der Waals surface area contributed by atoms with Crippen LogP contribution in [0.5, 0.6) is 0 Å². The molecule has 1 aromatic carbocycles. The number of anilines is 1. The first-order chi connectivity index (χ1) is 10.8. The molecule has 1 heterocycles. The molecule has 128 valence electrons. The molecule has 1 amide bonds. The number of hydrogen-bond acceptors (Lipinski definition) is 4. The van der Waals surface area contributed by atoms with Crippen LogP contribution in [0.2, 0.25) is 0 Å². The number of aryl methyl sites for hydroxylation is 2. The number of amides is 1. The van der Waals surface area contributed by atoms with Gasteiger partial charge in [-0.1, -0.05) is 6.07 Å². The van der Waals surface area contributed by atoms with Crippen molar-refractivity contribution in [3.8, 4) is 0 Å². The zero-order valence-corrected chi connectivity index (χ0v) is 14.7. The minimum absolute atomic E-state index is 0.0358. The third kappa shape index (κ3) is 4.94. The van der Waals surface area contributed by atoms with Gasteiger partial charge in [0.25, 0.3) is 0 Å². The van der Waals surface area contributed by atoms with Gasteiger partial charge in [0.15, 0.2) is 0 Å². The molecular formula is C16H24N2O4S. The maximum absolute atomic E-state index is 12.2. The first-order valence-electron chi connectivity index (χ1n) is 7.69. The minimum atomic E-state index is -3.44. The highest BCUT2D eigenvalue weighted by molar-refractivity contribution is 7.92. The summed E-state index contributed by atoms with van der Waals surface area (Å²) in [5.41, 5.74) is 2.60. The molecular weight excluding hydrogens is 316 g/mol. The summed E-state index contributed by atoms with van der Waals surface area (Å²) in [6.07, 6.45) is 1.34. The SMILES string of the molecule is Cc1cc(C)cc(N(CCC(=O)N2CCOCC2)S(C)(=O)=O)c1. The summed E-state index contributed by atoms with van der Waals surface area (Å²) in [4.78, 5) is 14.0. The molecule has 7 heteroatoms. The summed E-state index contributed by atoms with van der Waals surface area (Å²) < 4.78 is 30.8. The summed E-state index contributed by atoms with van der Waals surface area (Å²) in [6, 6.07) is 5.64. The number of rotatable bonds is 5. The number of carbonyl (C=O) groups is 1. The van der Waals surface area contributed by atoms with Crippen LogP contribution in [0.4, 0.5) is 5.69 Å². The van der Waals surface area contributed by atoms with Gasteiger partial charge < -0.3 is 9.64 Å². The number of sulfonamides is 1. The van der Waals surface area contributed by atoms with E-state index in [1.165, 1.54) is 10.6 Å². The fraction of sp³-hybridized carbons (Fsp3) is 0.562. The summed E-state index contributed by atoms with van der Waals surface area (Å²) >= 11 is 0. The Hall–Kier alpha value is -1.60. The molecule has 0 aliphatic carbocycles. The highest BCUT2D eigenvalue weighted by atomic mass is 32.2. The number of hydrogen-bond donors (Lipinski definition) is 0. The van der Waals surface area contributed by atoms with Crippen LogP contribution in [-0.4, -0.2) is 58.3 Å². The monoisotopic (exact) mass is 340 g/mol. The first kappa shape index (κ1) is 17.7. The normalized spacial score (nSPS) is 15.5. The fourth-order valence-electron chi connectivity index (χ4n) is 2.75. The van der Waals surface area contributed by atoms with E-state index in [0.29, 0.717) is 32.0 Å². The van der Waals surface area contributed by atoms with Crippen molar-refractivity contribution in [2.75, 3.05) is 43.4 Å². The lowest BCUT2D eigenvalue weighted by Gasteiger charge is -2.28. The molecule has 1 aliphatic heterocycles. The van der Waals surface area contributed by atoms with E-state index < -0.39 is 10.0 Å². The highest BCUT2D eigenvalue weighted by Crippen LogP contribution is 2.21. The summed E-state index contributed by atoms with van der Waals surface area (Å²) in [5.74, 6) is -0.0358. The van der Waals surface area contributed by atoms with Crippen LogP contribution in [0.15, 0.2) is 18.2 Å². The van der Waals surface area contributed by atoms with E-state index in [4.69, 9.17) is 4.74 Å². The van der Waals surface area contributed by atoms with E-state index in [2.05, 4.69) is 0 Å². The van der Waals surface area contributed by atoms with Crippen LogP contribution in [-0.2, 0) is 19.6 Å². The van der Waals surface area contributed by atoms with Gasteiger partial charge in [-0.25, -0.2) is 8.42 Å². The van der Waals surface area contributed by atoms with Gasteiger partial charge in [0.2, 0.25) is 15.9 Å². The quantitative estimate of drug-likeness (QED) is 0.811. The van der Waals surface area contributed by atoms with Gasteiger partial charge in [-0.2, -0.15) is 0 Å². The Kier molecular flexibility index (Phi) is 5.64. The molecule has 0 atom stereocenters. The van der Waals surface area contributed by atoms with Crippen molar-refractivity contribution in [3.05, 3.63) is 29.3 Å². The number of benzene rings is 1. The van der Waals surface area contributed by atoms with Crippen LogP contribution < -0.4 is 4.31 Å². The van der Waals surface area contributed by atoms with Crippen molar-refractivity contribution in [1.82, 2.24) is 4.90 Å². The third-order valence-electron chi connectivity index (χ3n) is 3.79. The van der Waals surface area contributed by atoms with Gasteiger partial charge in [0.05, 0.1) is 25.2 Å². The molecule has 0 aromatic heterocycles. The largest absolute Gasteiger partial charge is 0.378 e. The molecule has 0 N–H and O–H groups in total. The van der Waals surface area contributed by atoms with Crippen molar-refractivity contribution in [2.24, 2.45) is 0 Å². The Morgan fingerprint density at radius 3 is 2.26 bits per heavy atom. The average molecular weight is 340 g/mol. The smallest absolute Gasteiger partial charge is 0.232 e. The van der Waals surface area contributed by atoms with Crippen LogP contribution in [0.25, 0.3) is 0 Å². The van der Waals surface area contributed by atoms with E-state index in [1.807, 2.05) is 32.0 Å². The van der Waals surface area contributed by atoms with E-state index in [0.717, 1.165) is 11.1 Å². The highest BCUT2D eigenvalue weighted by Gasteiger charge is 2.22. The van der Waals surface area contributed by atoms with E-state index in [1.54, 1.807) is 4.90 Å². The second-order valence-corrected chi connectivity index (χ2v) is 7.83. The first-order valence-corrected chi connectivity index (χ1v) is 9.54. The van der Waals surface area contributed by atoms with Crippen LogP contribution in [0.3, 0.4) is 0 Å². The van der Waals surface area contributed by atoms with E-state index in [-0.39, 0.29) is 18.9 Å². The summed E-state index contributed by atoms with van der Waals surface area (Å²) in [7, 11) is -3.44. The summed E-state index contributed by atoms with van der Waals surface area (Å²) in [5, 5.41) is 0. The van der Waals surface area contributed by atoms with E-state index in [9.17, 15) is 13.2 Å². The lowest BCUT2D eigenvalue weighted by atomic mass is 10.1. The topological polar surface area (TPSA) is 66.9 Å². The average Bonchev–Trinajstić information content (AvgIpc) is 2.45. The van der Waals surface area contributed by atoms with Gasteiger partial charge in [0, 0.05) is 26.1 Å². The molecule has 1 aromatic rings. The van der Waals surface area contributed by atoms with Gasteiger partial charge in [-0.15, -0.1) is 0 Å². The zero-order chi connectivity index (χ0) is 17.0. The third-order valence-corrected chi connectivity index (χ3v) is 4.98. The van der Waals surface area contributed by atoms with Gasteiger partial charge >= 0.3 is 0 Å². The van der Waals surface area contributed by atoms with Crippen LogP contribution >= 0.6 is 0 Å². The van der Waals surface area contributed by atoms with Crippen LogP contribution in [0.1, 0.15) is 17.5 Å². The molecule has 1 saturated heterocycles. The van der Waals surface area contributed by atoms with Crippen LogP contribution in [0, 0.1) is 13.8 Å². The lowest BCUT2D eigenvalue weighted by molar-refractivity contribution is -0.134. The predicted molar refractivity (Wildman–Crippen MR) is 90.1 cm³/mol. The molecule has 0 spiro atoms. The minimum Gasteiger partial charge on any atom is -0.378 e. The molecule has 0 saturated carbocycles. The van der Waals surface area contributed by atoms with Gasteiger partial charge in [0.1, 0.15) is 0 Å². The lowest BCUT2D eigenvalue weighted by Crippen LogP contribution is -2.42. The van der Waals surface area contributed by atoms with Crippen molar-refractivity contribution >= 4 is 21.6 Å². The number of ether oxygens (including phenoxy) is 1. The maximum Gasteiger partial charge on any atom is 0.232 e. The Morgan fingerprint density at radius 1 is 1.17 bits per heavy atom. The predicted octanol–water partition coefficient (Wildman–Crippen LogP) is 1.32. The fourth-order valence-corrected chi connectivity index (χ4v) is 3.66. The van der Waals surface area contributed by atoms with Crippen molar-refractivity contribution in [3.63, 3.8) is 0 Å². The Balaban J connectivity index is 2.12. The molecule has 1 fully saturated rings. The Bertz CT molecular complexity index is 646. The molecule has 0 unspecified atom stereocenters. The second-order valence-electron chi connectivity index (χ2n) is 5.92. The number of nitrogens with zero attached hydrogens (tertiary/aromatic N) is 2. The maximum atomic E-state index is 12.2. The Labute approximate surface area is 138 Å². The van der Waals surface area contributed by atoms with Crippen molar-refractivity contribution < 1.29 is 17.9 Å². The molecule has 6 nitrogen and oxygen atoms in total. The molecule has 1 aliphatic rings. The number of morpholine rings is 1. The summed E-state index contributed by atoms with van der Waals surface area (Å²) in [6.45, 7) is 6.23. The molecule has 2 rings (SSSR count). The van der Waals surface area contributed by atoms with Gasteiger partial charge in [-0.05, 0) is 37.1 Å². The Morgan fingerprint density at radius 2 is 1.74 bits per heavy atom. The molecule has 23 heavy (non-hydrogen) atoms. The molecule has 0 bridgehead atoms. The zero-order valence-electron chi connectivity index (χ0n) is 13.9. The standard InChI is InChI=1S/C16H24N2O4S/c1-13-10-14(2)12-15(11-13)18(23(3,20)21)5-4-16(19)17-6-8-22-9-7-17/h10-12H,4-9H2,1-3H3. The van der Waals surface area contributed by atoms with E-state index >= 15 is 0 Å². The van der Waals surface area contributed by atoms with Crippen molar-refractivity contribution in [1.29, 1.82) is 0 Å². The second kappa shape index (κ2) is 7.31. The number of carbonyl (C=O) groups excluding carboxylic acids is 1. The van der Waals surface area contributed by atoms with Crippen molar-refractivity contribution in [2.45, 2.75) is 20.3 Å². The van der Waals surface area contributed by atoms with Gasteiger partial charge in [-0.3, -0.25) is 9.10 Å².